The Morgan fingerprint density at radius 3 is 2.39 bits per heavy atom. The van der Waals surface area contributed by atoms with Crippen LogP contribution in [0.15, 0.2) is 24.3 Å². The van der Waals surface area contributed by atoms with Crippen LogP contribution in [0.2, 0.25) is 0 Å². The highest BCUT2D eigenvalue weighted by molar-refractivity contribution is 5.46. The first kappa shape index (κ1) is 13.4. The first-order chi connectivity index (χ1) is 8.66. The summed E-state index contributed by atoms with van der Waals surface area (Å²) in [5.41, 5.74) is 8.18. The largest absolute Gasteiger partial charge is 0.399 e. The summed E-state index contributed by atoms with van der Waals surface area (Å²) >= 11 is 0. The van der Waals surface area contributed by atoms with Gasteiger partial charge in [0.15, 0.2) is 0 Å². The molecular weight excluding hydrogens is 222 g/mol. The van der Waals surface area contributed by atoms with Crippen molar-refractivity contribution in [2.45, 2.75) is 26.3 Å². The van der Waals surface area contributed by atoms with Crippen LogP contribution in [0.4, 0.5) is 5.69 Å². The van der Waals surface area contributed by atoms with E-state index in [0.29, 0.717) is 6.04 Å². The van der Waals surface area contributed by atoms with Crippen molar-refractivity contribution in [2.24, 2.45) is 0 Å². The van der Waals surface area contributed by atoms with Gasteiger partial charge in [0.1, 0.15) is 0 Å². The van der Waals surface area contributed by atoms with Crippen LogP contribution in [0.5, 0.6) is 0 Å². The zero-order chi connectivity index (χ0) is 13.0. The predicted octanol–water partition coefficient (Wildman–Crippen LogP) is 1.84. The van der Waals surface area contributed by atoms with E-state index >= 15 is 0 Å². The molecule has 100 valence electrons. The molecule has 1 fully saturated rings. The summed E-state index contributed by atoms with van der Waals surface area (Å²) in [6, 6.07) is 8.88. The summed E-state index contributed by atoms with van der Waals surface area (Å²) in [6.45, 7) is 10.4. The second-order valence-electron chi connectivity index (χ2n) is 5.42. The fourth-order valence-corrected chi connectivity index (χ4v) is 2.54. The van der Waals surface area contributed by atoms with Crippen molar-refractivity contribution >= 4 is 5.69 Å². The molecule has 1 saturated heterocycles. The number of nitrogen functional groups attached to an aromatic ring is 1. The number of nitrogens with zero attached hydrogens (tertiary/aromatic N) is 2. The van der Waals surface area contributed by atoms with Gasteiger partial charge in [0.2, 0.25) is 0 Å². The van der Waals surface area contributed by atoms with Crippen LogP contribution in [0, 0.1) is 0 Å². The molecule has 1 aromatic carbocycles. The molecule has 3 nitrogen and oxygen atoms in total. The van der Waals surface area contributed by atoms with E-state index in [1.165, 1.54) is 31.7 Å². The minimum absolute atomic E-state index is 0.678. The van der Waals surface area contributed by atoms with Gasteiger partial charge in [0.25, 0.3) is 0 Å². The number of piperazine rings is 1. The van der Waals surface area contributed by atoms with E-state index < -0.39 is 0 Å². The standard InChI is InChI=1S/C15H25N3/c1-13(2)18-11-9-17(10-12-18)8-7-14-5-3-4-6-15(14)16/h3-6,13H,7-12,16H2,1-2H3. The van der Waals surface area contributed by atoms with Gasteiger partial charge in [-0.1, -0.05) is 18.2 Å². The van der Waals surface area contributed by atoms with E-state index in [9.17, 15) is 0 Å². The predicted molar refractivity (Wildman–Crippen MR) is 77.7 cm³/mol. The van der Waals surface area contributed by atoms with Crippen LogP contribution >= 0.6 is 0 Å². The van der Waals surface area contributed by atoms with E-state index in [1.54, 1.807) is 0 Å². The quantitative estimate of drug-likeness (QED) is 0.824. The van der Waals surface area contributed by atoms with Crippen LogP contribution in [-0.4, -0.2) is 48.6 Å². The molecule has 0 atom stereocenters. The number of anilines is 1. The molecule has 1 heterocycles. The molecule has 2 rings (SSSR count). The molecule has 0 aromatic heterocycles. The Bertz CT molecular complexity index is 368. The number of para-hydroxylation sites is 1. The molecule has 0 aliphatic carbocycles. The molecule has 0 radical (unpaired) electrons. The SMILES string of the molecule is CC(C)N1CCN(CCc2ccccc2N)CC1. The molecule has 0 bridgehead atoms. The Kier molecular flexibility index (Phi) is 4.61. The molecule has 18 heavy (non-hydrogen) atoms. The van der Waals surface area contributed by atoms with Gasteiger partial charge in [0, 0.05) is 44.5 Å². The van der Waals surface area contributed by atoms with Crippen molar-refractivity contribution in [3.05, 3.63) is 29.8 Å². The number of benzene rings is 1. The lowest BCUT2D eigenvalue weighted by Crippen LogP contribution is -2.49. The van der Waals surface area contributed by atoms with E-state index in [-0.39, 0.29) is 0 Å². The topological polar surface area (TPSA) is 32.5 Å². The van der Waals surface area contributed by atoms with Crippen molar-refractivity contribution in [2.75, 3.05) is 38.5 Å². The van der Waals surface area contributed by atoms with Gasteiger partial charge in [-0.3, -0.25) is 4.90 Å². The smallest absolute Gasteiger partial charge is 0.0347 e. The lowest BCUT2D eigenvalue weighted by atomic mass is 10.1. The maximum absolute atomic E-state index is 5.97. The molecule has 1 aliphatic heterocycles. The monoisotopic (exact) mass is 247 g/mol. The lowest BCUT2D eigenvalue weighted by molar-refractivity contribution is 0.109. The van der Waals surface area contributed by atoms with Crippen LogP contribution in [-0.2, 0) is 6.42 Å². The summed E-state index contributed by atoms with van der Waals surface area (Å²) in [6.07, 6.45) is 1.06. The molecule has 2 N–H and O–H groups in total. The summed E-state index contributed by atoms with van der Waals surface area (Å²) in [5.74, 6) is 0. The van der Waals surface area contributed by atoms with Crippen molar-refractivity contribution in [1.29, 1.82) is 0 Å². The van der Waals surface area contributed by atoms with E-state index in [0.717, 1.165) is 18.7 Å². The average molecular weight is 247 g/mol. The number of hydrogen-bond donors (Lipinski definition) is 1. The Morgan fingerprint density at radius 1 is 1.11 bits per heavy atom. The highest BCUT2D eigenvalue weighted by Crippen LogP contribution is 2.13. The molecular formula is C15H25N3. The zero-order valence-electron chi connectivity index (χ0n) is 11.6. The molecule has 1 aliphatic rings. The van der Waals surface area contributed by atoms with Gasteiger partial charge in [-0.25, -0.2) is 0 Å². The summed E-state index contributed by atoms with van der Waals surface area (Å²) in [4.78, 5) is 5.10. The maximum Gasteiger partial charge on any atom is 0.0347 e. The Balaban J connectivity index is 1.77. The third-order valence-electron chi connectivity index (χ3n) is 3.89. The summed E-state index contributed by atoms with van der Waals surface area (Å²) in [5, 5.41) is 0. The molecule has 1 aromatic rings. The number of rotatable bonds is 4. The molecule has 3 heteroatoms. The Labute approximate surface area is 111 Å². The van der Waals surface area contributed by atoms with Crippen molar-refractivity contribution in [3.8, 4) is 0 Å². The minimum atomic E-state index is 0.678. The number of nitrogens with two attached hydrogens (primary N) is 1. The van der Waals surface area contributed by atoms with Gasteiger partial charge in [-0.05, 0) is 31.9 Å². The molecule has 0 spiro atoms. The Hall–Kier alpha value is -1.06. The summed E-state index contributed by atoms with van der Waals surface area (Å²) in [7, 11) is 0. The highest BCUT2D eigenvalue weighted by Gasteiger charge is 2.18. The minimum Gasteiger partial charge on any atom is -0.399 e. The van der Waals surface area contributed by atoms with Crippen LogP contribution in [0.25, 0.3) is 0 Å². The molecule has 0 saturated carbocycles. The van der Waals surface area contributed by atoms with Crippen LogP contribution < -0.4 is 5.73 Å². The van der Waals surface area contributed by atoms with Gasteiger partial charge in [-0.2, -0.15) is 0 Å². The van der Waals surface area contributed by atoms with E-state index in [1.807, 2.05) is 12.1 Å². The van der Waals surface area contributed by atoms with E-state index in [2.05, 4.69) is 35.8 Å². The molecule has 0 amide bonds. The summed E-state index contributed by atoms with van der Waals surface area (Å²) < 4.78 is 0. The van der Waals surface area contributed by atoms with Gasteiger partial charge >= 0.3 is 0 Å². The average Bonchev–Trinajstić information content (AvgIpc) is 2.38. The fourth-order valence-electron chi connectivity index (χ4n) is 2.54. The van der Waals surface area contributed by atoms with Crippen LogP contribution in [0.3, 0.4) is 0 Å². The van der Waals surface area contributed by atoms with Crippen molar-refractivity contribution in [1.82, 2.24) is 9.80 Å². The normalized spacial score (nSPS) is 18.4. The Morgan fingerprint density at radius 2 is 1.78 bits per heavy atom. The van der Waals surface area contributed by atoms with Gasteiger partial charge in [-0.15, -0.1) is 0 Å². The van der Waals surface area contributed by atoms with Gasteiger partial charge < -0.3 is 10.6 Å². The third-order valence-corrected chi connectivity index (χ3v) is 3.89. The van der Waals surface area contributed by atoms with E-state index in [4.69, 9.17) is 5.73 Å². The first-order valence-electron chi connectivity index (χ1n) is 6.96. The lowest BCUT2D eigenvalue weighted by Gasteiger charge is -2.37. The second kappa shape index (κ2) is 6.21. The number of hydrogen-bond acceptors (Lipinski definition) is 3. The second-order valence-corrected chi connectivity index (χ2v) is 5.42. The molecule has 0 unspecified atom stereocenters. The highest BCUT2D eigenvalue weighted by atomic mass is 15.3. The fraction of sp³-hybridized carbons (Fsp3) is 0.600. The third kappa shape index (κ3) is 3.47. The first-order valence-corrected chi connectivity index (χ1v) is 6.96. The van der Waals surface area contributed by atoms with Crippen LogP contribution in [0.1, 0.15) is 19.4 Å². The zero-order valence-corrected chi connectivity index (χ0v) is 11.6. The van der Waals surface area contributed by atoms with Crippen molar-refractivity contribution < 1.29 is 0 Å². The van der Waals surface area contributed by atoms with Crippen molar-refractivity contribution in [3.63, 3.8) is 0 Å². The maximum atomic E-state index is 5.97. The van der Waals surface area contributed by atoms with Gasteiger partial charge in [0.05, 0.1) is 0 Å².